The number of carboxylic acid groups (broad SMARTS) is 1. The summed E-state index contributed by atoms with van der Waals surface area (Å²) >= 11 is 0. The van der Waals surface area contributed by atoms with Crippen LogP contribution in [0, 0.1) is 0 Å². The molecular formula is C13H15NO4. The number of hydrogen-bond donors (Lipinski definition) is 1. The summed E-state index contributed by atoms with van der Waals surface area (Å²) in [5, 5.41) is 9.07. The Morgan fingerprint density at radius 1 is 1.44 bits per heavy atom. The molecule has 0 aliphatic carbocycles. The number of hydrogen-bond acceptors (Lipinski definition) is 4. The number of rotatable bonds is 5. The van der Waals surface area contributed by atoms with Crippen molar-refractivity contribution in [1.29, 1.82) is 0 Å². The lowest BCUT2D eigenvalue weighted by atomic mass is 10.2. The minimum absolute atomic E-state index is 0.0740. The Hall–Kier alpha value is -2.04. The number of aryl methyl sites for hydroxylation is 2. The van der Waals surface area contributed by atoms with Crippen LogP contribution in [0.4, 0.5) is 0 Å². The lowest BCUT2D eigenvalue weighted by Gasteiger charge is -1.93. The number of aromatic carboxylic acids is 1. The summed E-state index contributed by atoms with van der Waals surface area (Å²) in [4.78, 5) is 15.3. The topological polar surface area (TPSA) is 76.5 Å². The standard InChI is InChI=1S/C13H15NO4/c1-3-5-9-11(13(15)16)18-12(14-9)8-6-7-17-10(8)4-2/h6-7H,3-5H2,1-2H3,(H,15,16). The highest BCUT2D eigenvalue weighted by Crippen LogP contribution is 2.27. The maximum Gasteiger partial charge on any atom is 0.373 e. The summed E-state index contributed by atoms with van der Waals surface area (Å²) in [6, 6.07) is 1.74. The highest BCUT2D eigenvalue weighted by Gasteiger charge is 2.21. The highest BCUT2D eigenvalue weighted by molar-refractivity contribution is 5.86. The number of carbonyl (C=O) groups is 1. The molecule has 5 nitrogen and oxygen atoms in total. The van der Waals surface area contributed by atoms with Crippen LogP contribution in [0.2, 0.25) is 0 Å². The van der Waals surface area contributed by atoms with Gasteiger partial charge in [-0.25, -0.2) is 9.78 Å². The van der Waals surface area contributed by atoms with Crippen LogP contribution in [-0.4, -0.2) is 16.1 Å². The molecule has 0 fully saturated rings. The zero-order valence-corrected chi connectivity index (χ0v) is 10.4. The minimum atomic E-state index is -1.08. The second-order valence-corrected chi connectivity index (χ2v) is 3.96. The van der Waals surface area contributed by atoms with Crippen LogP contribution in [0.1, 0.15) is 42.3 Å². The fourth-order valence-electron chi connectivity index (χ4n) is 1.85. The van der Waals surface area contributed by atoms with Gasteiger partial charge in [-0.15, -0.1) is 0 Å². The van der Waals surface area contributed by atoms with Gasteiger partial charge in [-0.2, -0.15) is 0 Å². The van der Waals surface area contributed by atoms with Gasteiger partial charge in [0.1, 0.15) is 5.76 Å². The fraction of sp³-hybridized carbons (Fsp3) is 0.385. The first kappa shape index (κ1) is 12.4. The van der Waals surface area contributed by atoms with Crippen molar-refractivity contribution in [2.45, 2.75) is 33.1 Å². The van der Waals surface area contributed by atoms with E-state index in [2.05, 4.69) is 4.98 Å². The summed E-state index contributed by atoms with van der Waals surface area (Å²) in [6.45, 7) is 3.92. The van der Waals surface area contributed by atoms with E-state index in [4.69, 9.17) is 13.9 Å². The van der Waals surface area contributed by atoms with Crippen molar-refractivity contribution >= 4 is 5.97 Å². The second-order valence-electron chi connectivity index (χ2n) is 3.96. The van der Waals surface area contributed by atoms with Gasteiger partial charge in [-0.05, 0) is 12.5 Å². The maximum absolute atomic E-state index is 11.1. The lowest BCUT2D eigenvalue weighted by molar-refractivity contribution is 0.0661. The van der Waals surface area contributed by atoms with Gasteiger partial charge in [-0.3, -0.25) is 0 Å². The van der Waals surface area contributed by atoms with Crippen LogP contribution in [0.15, 0.2) is 21.2 Å². The molecule has 0 bridgehead atoms. The normalized spacial score (nSPS) is 10.8. The van der Waals surface area contributed by atoms with Crippen molar-refractivity contribution in [2.75, 3.05) is 0 Å². The summed E-state index contributed by atoms with van der Waals surface area (Å²) in [6.07, 6.45) is 3.66. The minimum Gasteiger partial charge on any atom is -0.475 e. The molecule has 0 aromatic carbocycles. The SMILES string of the molecule is CCCc1nc(-c2ccoc2CC)oc1C(=O)O. The second kappa shape index (κ2) is 5.08. The first-order valence-electron chi connectivity index (χ1n) is 5.97. The van der Waals surface area contributed by atoms with Crippen molar-refractivity contribution in [2.24, 2.45) is 0 Å². The maximum atomic E-state index is 11.1. The molecular weight excluding hydrogens is 234 g/mol. The molecule has 0 spiro atoms. The summed E-state index contributed by atoms with van der Waals surface area (Å²) in [5.74, 6) is -0.0912. The van der Waals surface area contributed by atoms with E-state index >= 15 is 0 Å². The lowest BCUT2D eigenvalue weighted by Crippen LogP contribution is -1.99. The average Bonchev–Trinajstić information content (AvgIpc) is 2.94. The van der Waals surface area contributed by atoms with Crippen LogP contribution in [0.3, 0.4) is 0 Å². The largest absolute Gasteiger partial charge is 0.475 e. The van der Waals surface area contributed by atoms with E-state index in [0.717, 1.165) is 17.7 Å². The molecule has 0 saturated heterocycles. The third kappa shape index (κ3) is 2.16. The van der Waals surface area contributed by atoms with Crippen molar-refractivity contribution in [1.82, 2.24) is 4.98 Å². The molecule has 2 aromatic rings. The molecule has 0 aliphatic heterocycles. The van der Waals surface area contributed by atoms with Crippen LogP contribution >= 0.6 is 0 Å². The van der Waals surface area contributed by atoms with Gasteiger partial charge in [-0.1, -0.05) is 20.3 Å². The first-order valence-corrected chi connectivity index (χ1v) is 5.97. The van der Waals surface area contributed by atoms with Gasteiger partial charge >= 0.3 is 5.97 Å². The number of furan rings is 1. The summed E-state index contributed by atoms with van der Waals surface area (Å²) < 4.78 is 10.6. The third-order valence-electron chi connectivity index (χ3n) is 2.68. The molecule has 2 aromatic heterocycles. The van der Waals surface area contributed by atoms with Gasteiger partial charge in [0.25, 0.3) is 0 Å². The highest BCUT2D eigenvalue weighted by atomic mass is 16.4. The van der Waals surface area contributed by atoms with Crippen molar-refractivity contribution in [3.05, 3.63) is 29.5 Å². The Bertz CT molecular complexity index is 553. The Morgan fingerprint density at radius 3 is 2.83 bits per heavy atom. The van der Waals surface area contributed by atoms with E-state index in [1.807, 2.05) is 13.8 Å². The molecule has 0 aliphatic rings. The molecule has 2 rings (SSSR count). The number of oxazole rings is 1. The predicted octanol–water partition coefficient (Wildman–Crippen LogP) is 3.15. The number of aromatic nitrogens is 1. The Kier molecular flexibility index (Phi) is 3.50. The molecule has 2 heterocycles. The summed E-state index contributed by atoms with van der Waals surface area (Å²) in [7, 11) is 0. The molecule has 96 valence electrons. The Balaban J connectivity index is 2.46. The van der Waals surface area contributed by atoms with Gasteiger partial charge in [0.2, 0.25) is 11.7 Å². The predicted molar refractivity (Wildman–Crippen MR) is 64.5 cm³/mol. The van der Waals surface area contributed by atoms with Gasteiger partial charge in [0.15, 0.2) is 0 Å². The quantitative estimate of drug-likeness (QED) is 0.880. The van der Waals surface area contributed by atoms with E-state index in [1.54, 1.807) is 12.3 Å². The molecule has 0 radical (unpaired) electrons. The molecule has 5 heteroatoms. The Morgan fingerprint density at radius 2 is 2.22 bits per heavy atom. The van der Waals surface area contributed by atoms with Gasteiger partial charge in [0.05, 0.1) is 17.5 Å². The zero-order valence-electron chi connectivity index (χ0n) is 10.4. The number of carboxylic acids is 1. The molecule has 0 saturated carbocycles. The van der Waals surface area contributed by atoms with Crippen LogP contribution < -0.4 is 0 Å². The van der Waals surface area contributed by atoms with Crippen molar-refractivity contribution in [3.8, 4) is 11.5 Å². The Labute approximate surface area is 104 Å². The van der Waals surface area contributed by atoms with Gasteiger partial charge < -0.3 is 13.9 Å². The fourth-order valence-corrected chi connectivity index (χ4v) is 1.85. The van der Waals surface area contributed by atoms with E-state index < -0.39 is 5.97 Å². The zero-order chi connectivity index (χ0) is 13.1. The number of nitrogens with zero attached hydrogens (tertiary/aromatic N) is 1. The summed E-state index contributed by atoms with van der Waals surface area (Å²) in [5.41, 5.74) is 1.21. The van der Waals surface area contributed by atoms with E-state index in [-0.39, 0.29) is 5.76 Å². The van der Waals surface area contributed by atoms with Crippen LogP contribution in [0.25, 0.3) is 11.5 Å². The van der Waals surface area contributed by atoms with Crippen LogP contribution in [0.5, 0.6) is 0 Å². The molecule has 0 atom stereocenters. The molecule has 18 heavy (non-hydrogen) atoms. The van der Waals surface area contributed by atoms with E-state index in [9.17, 15) is 4.79 Å². The van der Waals surface area contributed by atoms with Gasteiger partial charge in [0, 0.05) is 6.42 Å². The third-order valence-corrected chi connectivity index (χ3v) is 2.68. The molecule has 0 amide bonds. The smallest absolute Gasteiger partial charge is 0.373 e. The monoisotopic (exact) mass is 249 g/mol. The average molecular weight is 249 g/mol. The van der Waals surface area contributed by atoms with Crippen molar-refractivity contribution in [3.63, 3.8) is 0 Å². The molecule has 0 unspecified atom stereocenters. The van der Waals surface area contributed by atoms with Crippen molar-refractivity contribution < 1.29 is 18.7 Å². The van der Waals surface area contributed by atoms with E-state index in [0.29, 0.717) is 24.4 Å². The van der Waals surface area contributed by atoms with Crippen LogP contribution in [-0.2, 0) is 12.8 Å². The van der Waals surface area contributed by atoms with E-state index in [1.165, 1.54) is 0 Å². The molecule has 1 N–H and O–H groups in total. The first-order chi connectivity index (χ1) is 8.67.